The van der Waals surface area contributed by atoms with E-state index in [4.69, 9.17) is 0 Å². The van der Waals surface area contributed by atoms with Crippen LogP contribution in [0.4, 0.5) is 23.5 Å². The molecule has 1 aliphatic rings. The van der Waals surface area contributed by atoms with Crippen molar-refractivity contribution >= 4 is 16.0 Å². The Morgan fingerprint density at radius 2 is 1.79 bits per heavy atom. The van der Waals surface area contributed by atoms with Crippen molar-refractivity contribution in [1.82, 2.24) is 23.8 Å². The number of anilines is 1. The van der Waals surface area contributed by atoms with Gasteiger partial charge in [0.1, 0.15) is 28.6 Å². The Kier molecular flexibility index (Phi) is 6.34. The number of nitrogens with zero attached hydrogens (tertiary/aromatic N) is 5. The maximum atomic E-state index is 14.3. The fraction of sp³-hybridized carbons (Fsp3) is 0.381. The largest absolute Gasteiger partial charge is 0.420 e. The van der Waals surface area contributed by atoms with Gasteiger partial charge in [-0.1, -0.05) is 12.1 Å². The molecule has 0 atom stereocenters. The summed E-state index contributed by atoms with van der Waals surface area (Å²) < 4.78 is 81.5. The predicted molar refractivity (Wildman–Crippen MR) is 117 cm³/mol. The van der Waals surface area contributed by atoms with Crippen molar-refractivity contribution in [2.75, 3.05) is 24.7 Å². The van der Waals surface area contributed by atoms with Gasteiger partial charge in [0.05, 0.1) is 11.9 Å². The second-order valence-electron chi connectivity index (χ2n) is 8.03. The van der Waals surface area contributed by atoms with Crippen LogP contribution in [0.3, 0.4) is 0 Å². The molecule has 1 saturated heterocycles. The van der Waals surface area contributed by atoms with E-state index in [-0.39, 0.29) is 42.3 Å². The Morgan fingerprint density at radius 1 is 1.12 bits per heavy atom. The summed E-state index contributed by atoms with van der Waals surface area (Å²) in [5.41, 5.74) is -1.43. The van der Waals surface area contributed by atoms with E-state index in [1.807, 2.05) is 0 Å². The summed E-state index contributed by atoms with van der Waals surface area (Å²) in [6, 6.07) is 5.66. The van der Waals surface area contributed by atoms with E-state index in [0.717, 1.165) is 6.26 Å². The Bertz CT molecular complexity index is 1300. The van der Waals surface area contributed by atoms with Crippen molar-refractivity contribution in [3.8, 4) is 17.1 Å². The molecule has 2 aromatic heterocycles. The molecule has 3 aromatic rings. The van der Waals surface area contributed by atoms with Crippen LogP contribution < -0.4 is 5.32 Å². The lowest BCUT2D eigenvalue weighted by Gasteiger charge is -2.30. The fourth-order valence-electron chi connectivity index (χ4n) is 3.85. The van der Waals surface area contributed by atoms with Crippen LogP contribution in [0.15, 0.2) is 36.7 Å². The van der Waals surface area contributed by atoms with Crippen LogP contribution >= 0.6 is 0 Å². The van der Waals surface area contributed by atoms with Gasteiger partial charge in [0.15, 0.2) is 0 Å². The third-order valence-electron chi connectivity index (χ3n) is 5.59. The number of alkyl halides is 3. The summed E-state index contributed by atoms with van der Waals surface area (Å²) in [5.74, 6) is -0.288. The van der Waals surface area contributed by atoms with Gasteiger partial charge < -0.3 is 9.88 Å². The molecule has 8 nitrogen and oxygen atoms in total. The maximum absolute atomic E-state index is 14.3. The van der Waals surface area contributed by atoms with E-state index in [1.165, 1.54) is 33.3 Å². The minimum absolute atomic E-state index is 0.0288. The van der Waals surface area contributed by atoms with Crippen LogP contribution in [-0.4, -0.2) is 57.6 Å². The molecule has 1 aliphatic heterocycles. The van der Waals surface area contributed by atoms with Crippen molar-refractivity contribution in [2.45, 2.75) is 32.0 Å². The maximum Gasteiger partial charge on any atom is 0.420 e. The molecule has 0 aliphatic carbocycles. The average molecular weight is 499 g/mol. The third kappa shape index (κ3) is 5.04. The molecule has 0 bridgehead atoms. The Morgan fingerprint density at radius 3 is 2.41 bits per heavy atom. The first kappa shape index (κ1) is 24.1. The molecule has 0 radical (unpaired) electrons. The number of rotatable bonds is 5. The van der Waals surface area contributed by atoms with E-state index in [9.17, 15) is 26.0 Å². The lowest BCUT2D eigenvalue weighted by atomic mass is 10.1. The van der Waals surface area contributed by atoms with Crippen molar-refractivity contribution in [1.29, 1.82) is 0 Å². The zero-order valence-electron chi connectivity index (χ0n) is 18.3. The summed E-state index contributed by atoms with van der Waals surface area (Å²) in [6.07, 6.45) is -0.701. The monoisotopic (exact) mass is 498 g/mol. The van der Waals surface area contributed by atoms with Gasteiger partial charge >= 0.3 is 6.18 Å². The van der Waals surface area contributed by atoms with E-state index in [0.29, 0.717) is 19.0 Å². The first-order valence-electron chi connectivity index (χ1n) is 10.4. The molecule has 34 heavy (non-hydrogen) atoms. The number of sulfonamides is 1. The van der Waals surface area contributed by atoms with E-state index in [2.05, 4.69) is 20.3 Å². The van der Waals surface area contributed by atoms with Crippen molar-refractivity contribution in [3.63, 3.8) is 0 Å². The summed E-state index contributed by atoms with van der Waals surface area (Å²) in [7, 11) is -3.30. The lowest BCUT2D eigenvalue weighted by Crippen LogP contribution is -2.42. The molecule has 0 saturated carbocycles. The summed E-state index contributed by atoms with van der Waals surface area (Å²) in [5, 5.41) is 3.00. The van der Waals surface area contributed by atoms with Crippen molar-refractivity contribution < 1.29 is 26.0 Å². The molecular formula is C21H22F4N6O2S. The molecule has 0 amide bonds. The normalized spacial score (nSPS) is 16.1. The fourth-order valence-corrected chi connectivity index (χ4v) is 4.72. The highest BCUT2D eigenvalue weighted by atomic mass is 32.2. The third-order valence-corrected chi connectivity index (χ3v) is 6.89. The SMILES string of the molecule is Cc1nc(-c2nc(NC3CCN(S(C)(=O)=O)CC3)ncc2C(F)(F)F)cn1-c1ccccc1F. The number of nitrogens with one attached hydrogen (secondary N) is 1. The summed E-state index contributed by atoms with van der Waals surface area (Å²) in [6.45, 7) is 2.13. The zero-order chi connectivity index (χ0) is 24.7. The van der Waals surface area contributed by atoms with Gasteiger partial charge in [-0.3, -0.25) is 0 Å². The van der Waals surface area contributed by atoms with Gasteiger partial charge in [-0.25, -0.2) is 32.1 Å². The van der Waals surface area contributed by atoms with E-state index >= 15 is 0 Å². The summed E-state index contributed by atoms with van der Waals surface area (Å²) >= 11 is 0. The smallest absolute Gasteiger partial charge is 0.351 e. The lowest BCUT2D eigenvalue weighted by molar-refractivity contribution is -0.137. The van der Waals surface area contributed by atoms with E-state index in [1.54, 1.807) is 13.0 Å². The number of hydrogen-bond acceptors (Lipinski definition) is 6. The standard InChI is InChI=1S/C21H22F4N6O2S/c1-13-27-17(12-31(13)18-6-4-3-5-16(18)22)19-15(21(23,24)25)11-26-20(29-19)28-14-7-9-30(10-8-14)34(2,32)33/h3-6,11-12,14H,7-10H2,1-2H3,(H,26,28,29). The number of hydrogen-bond donors (Lipinski definition) is 1. The predicted octanol–water partition coefficient (Wildman–Crippen LogP) is 3.63. The molecule has 0 unspecified atom stereocenters. The van der Waals surface area contributed by atoms with Crippen LogP contribution in [0, 0.1) is 12.7 Å². The number of halogens is 4. The Hall–Kier alpha value is -3.06. The van der Waals surface area contributed by atoms with Crippen LogP contribution in [0.25, 0.3) is 17.1 Å². The average Bonchev–Trinajstić information content (AvgIpc) is 3.14. The number of para-hydroxylation sites is 1. The quantitative estimate of drug-likeness (QED) is 0.540. The van der Waals surface area contributed by atoms with Gasteiger partial charge in [-0.2, -0.15) is 13.2 Å². The Labute approximate surface area is 193 Å². The first-order chi connectivity index (χ1) is 15.9. The molecule has 1 fully saturated rings. The topological polar surface area (TPSA) is 93.0 Å². The second-order valence-corrected chi connectivity index (χ2v) is 10.0. The van der Waals surface area contributed by atoms with Crippen LogP contribution in [0.2, 0.25) is 0 Å². The summed E-state index contributed by atoms with van der Waals surface area (Å²) in [4.78, 5) is 12.1. The Balaban J connectivity index is 1.66. The highest BCUT2D eigenvalue weighted by Crippen LogP contribution is 2.36. The van der Waals surface area contributed by atoms with Crippen molar-refractivity contribution in [2.24, 2.45) is 0 Å². The second kappa shape index (κ2) is 8.95. The minimum Gasteiger partial charge on any atom is -0.351 e. The number of aryl methyl sites for hydroxylation is 1. The molecular weight excluding hydrogens is 476 g/mol. The molecule has 182 valence electrons. The highest BCUT2D eigenvalue weighted by Gasteiger charge is 2.36. The molecule has 4 rings (SSSR count). The van der Waals surface area contributed by atoms with Gasteiger partial charge in [0.25, 0.3) is 0 Å². The number of imidazole rings is 1. The molecule has 3 heterocycles. The van der Waals surface area contributed by atoms with Crippen LogP contribution in [-0.2, 0) is 16.2 Å². The van der Waals surface area contributed by atoms with Gasteiger partial charge in [-0.15, -0.1) is 0 Å². The zero-order valence-corrected chi connectivity index (χ0v) is 19.2. The molecule has 13 heteroatoms. The number of benzene rings is 1. The van der Waals surface area contributed by atoms with Gasteiger partial charge in [0.2, 0.25) is 16.0 Å². The van der Waals surface area contributed by atoms with Gasteiger partial charge in [0, 0.05) is 31.5 Å². The van der Waals surface area contributed by atoms with Crippen molar-refractivity contribution in [3.05, 3.63) is 53.9 Å². The molecule has 1 N–H and O–H groups in total. The number of aromatic nitrogens is 4. The highest BCUT2D eigenvalue weighted by molar-refractivity contribution is 7.88. The van der Waals surface area contributed by atoms with Crippen LogP contribution in [0.5, 0.6) is 0 Å². The molecule has 0 spiro atoms. The minimum atomic E-state index is -4.73. The molecule has 1 aromatic carbocycles. The van der Waals surface area contributed by atoms with E-state index < -0.39 is 33.3 Å². The first-order valence-corrected chi connectivity index (χ1v) is 12.3. The van der Waals surface area contributed by atoms with Gasteiger partial charge in [-0.05, 0) is 31.9 Å². The van der Waals surface area contributed by atoms with Crippen LogP contribution in [0.1, 0.15) is 24.2 Å². The number of piperidine rings is 1.